The van der Waals surface area contributed by atoms with E-state index < -0.39 is 16.4 Å². The second-order valence-electron chi connectivity index (χ2n) is 7.32. The van der Waals surface area contributed by atoms with E-state index in [1.807, 2.05) is 0 Å². The number of halogens is 2. The van der Waals surface area contributed by atoms with Gasteiger partial charge in [0.05, 0.1) is 10.4 Å². The lowest BCUT2D eigenvalue weighted by Crippen LogP contribution is -2.35. The summed E-state index contributed by atoms with van der Waals surface area (Å²) in [5, 5.41) is 6.89. The van der Waals surface area contributed by atoms with Gasteiger partial charge in [-0.15, -0.1) is 0 Å². The lowest BCUT2D eigenvalue weighted by atomic mass is 10.0. The molecule has 1 aliphatic rings. The Balaban J connectivity index is 1.88. The summed E-state index contributed by atoms with van der Waals surface area (Å²) >= 11 is 0. The van der Waals surface area contributed by atoms with Crippen molar-refractivity contribution in [2.75, 3.05) is 18.4 Å². The van der Waals surface area contributed by atoms with Crippen LogP contribution in [0.1, 0.15) is 30.4 Å². The van der Waals surface area contributed by atoms with E-state index in [-0.39, 0.29) is 27.4 Å². The van der Waals surface area contributed by atoms with Crippen LogP contribution in [0.2, 0.25) is 0 Å². The van der Waals surface area contributed by atoms with Gasteiger partial charge in [-0.1, -0.05) is 24.3 Å². The normalized spacial score (nSPS) is 15.9. The van der Waals surface area contributed by atoms with Gasteiger partial charge in [0, 0.05) is 28.9 Å². The van der Waals surface area contributed by atoms with Crippen LogP contribution in [-0.4, -0.2) is 31.5 Å². The molecule has 29 heavy (non-hydrogen) atoms. The van der Waals surface area contributed by atoms with Crippen LogP contribution in [0.4, 0.5) is 14.5 Å². The first kappa shape index (κ1) is 19.8. The van der Waals surface area contributed by atoms with E-state index >= 15 is 0 Å². The standard InChI is InChI=1S/C21H23F2N3O2S/c1-14-5-2-3-8-19(14)29(27,28)26-13-16(21(22)23)20-17(6-4-7-18(20)26)25-15-9-11-24-12-10-15/h2-8,13,15,21,24-25H,9-12H2,1H3. The summed E-state index contributed by atoms with van der Waals surface area (Å²) in [6.45, 7) is 3.41. The highest BCUT2D eigenvalue weighted by Gasteiger charge is 2.27. The Morgan fingerprint density at radius 3 is 2.52 bits per heavy atom. The summed E-state index contributed by atoms with van der Waals surface area (Å²) in [5.41, 5.74) is 1.08. The number of benzene rings is 2. The number of aromatic nitrogens is 1. The minimum Gasteiger partial charge on any atom is -0.382 e. The Morgan fingerprint density at radius 2 is 1.83 bits per heavy atom. The van der Waals surface area contributed by atoms with Gasteiger partial charge in [-0.25, -0.2) is 21.2 Å². The molecule has 2 N–H and O–H groups in total. The summed E-state index contributed by atoms with van der Waals surface area (Å²) < 4.78 is 55.4. The third-order valence-electron chi connectivity index (χ3n) is 5.39. The first-order valence-electron chi connectivity index (χ1n) is 9.60. The minimum absolute atomic E-state index is 0.106. The fourth-order valence-electron chi connectivity index (χ4n) is 3.91. The van der Waals surface area contributed by atoms with Crippen LogP contribution in [0.25, 0.3) is 10.9 Å². The van der Waals surface area contributed by atoms with Gasteiger partial charge in [0.25, 0.3) is 16.4 Å². The second kappa shape index (κ2) is 7.76. The number of anilines is 1. The zero-order valence-corrected chi connectivity index (χ0v) is 16.8. The first-order valence-corrected chi connectivity index (χ1v) is 11.0. The zero-order valence-electron chi connectivity index (χ0n) is 16.0. The number of rotatable bonds is 5. The molecule has 5 nitrogen and oxygen atoms in total. The van der Waals surface area contributed by atoms with Crippen molar-refractivity contribution in [1.82, 2.24) is 9.29 Å². The molecule has 154 valence electrons. The molecule has 0 atom stereocenters. The van der Waals surface area contributed by atoms with Crippen molar-refractivity contribution in [3.8, 4) is 0 Å². The van der Waals surface area contributed by atoms with Gasteiger partial charge < -0.3 is 10.6 Å². The Kier molecular flexibility index (Phi) is 5.31. The van der Waals surface area contributed by atoms with Gasteiger partial charge in [0.1, 0.15) is 0 Å². The van der Waals surface area contributed by atoms with Crippen LogP contribution in [0.15, 0.2) is 53.6 Å². The van der Waals surface area contributed by atoms with E-state index in [4.69, 9.17) is 0 Å². The van der Waals surface area contributed by atoms with Gasteiger partial charge in [-0.05, 0) is 56.6 Å². The van der Waals surface area contributed by atoms with Gasteiger partial charge in [-0.2, -0.15) is 0 Å². The van der Waals surface area contributed by atoms with Crippen molar-refractivity contribution in [1.29, 1.82) is 0 Å². The summed E-state index contributed by atoms with van der Waals surface area (Å²) in [4.78, 5) is 0.106. The maximum Gasteiger partial charge on any atom is 0.268 e. The number of nitrogens with one attached hydrogen (secondary N) is 2. The number of alkyl halides is 2. The van der Waals surface area contributed by atoms with Gasteiger partial charge >= 0.3 is 0 Å². The molecule has 2 heterocycles. The van der Waals surface area contributed by atoms with E-state index in [1.54, 1.807) is 43.3 Å². The maximum absolute atomic E-state index is 13.9. The average molecular weight is 419 g/mol. The Bertz CT molecular complexity index is 1140. The fraction of sp³-hybridized carbons (Fsp3) is 0.333. The topological polar surface area (TPSA) is 63.1 Å². The highest BCUT2D eigenvalue weighted by atomic mass is 32.2. The molecular weight excluding hydrogens is 396 g/mol. The Labute approximate surface area is 168 Å². The average Bonchev–Trinajstić information content (AvgIpc) is 3.11. The highest BCUT2D eigenvalue weighted by Crippen LogP contribution is 2.37. The molecule has 1 aliphatic heterocycles. The molecule has 0 bridgehead atoms. The van der Waals surface area contributed by atoms with E-state index in [9.17, 15) is 17.2 Å². The molecule has 1 saturated heterocycles. The molecule has 8 heteroatoms. The maximum atomic E-state index is 13.9. The highest BCUT2D eigenvalue weighted by molar-refractivity contribution is 7.90. The Morgan fingerprint density at radius 1 is 1.10 bits per heavy atom. The van der Waals surface area contributed by atoms with E-state index in [0.29, 0.717) is 11.3 Å². The van der Waals surface area contributed by atoms with Crippen molar-refractivity contribution in [2.45, 2.75) is 37.1 Å². The molecule has 0 radical (unpaired) electrons. The van der Waals surface area contributed by atoms with Gasteiger partial charge in [0.2, 0.25) is 0 Å². The predicted molar refractivity (Wildman–Crippen MR) is 110 cm³/mol. The van der Waals surface area contributed by atoms with Gasteiger partial charge in [0.15, 0.2) is 0 Å². The van der Waals surface area contributed by atoms with Crippen molar-refractivity contribution >= 4 is 26.6 Å². The molecular formula is C21H23F2N3O2S. The second-order valence-corrected chi connectivity index (χ2v) is 9.10. The SMILES string of the molecule is Cc1ccccc1S(=O)(=O)n1cc(C(F)F)c2c(NC3CCNCC3)cccc21. The fourth-order valence-corrected chi connectivity index (χ4v) is 5.51. The molecule has 0 unspecified atom stereocenters. The van der Waals surface area contributed by atoms with E-state index in [0.717, 1.165) is 36.1 Å². The van der Waals surface area contributed by atoms with Crippen molar-refractivity contribution in [3.05, 3.63) is 59.8 Å². The molecule has 0 saturated carbocycles. The molecule has 0 spiro atoms. The van der Waals surface area contributed by atoms with E-state index in [1.165, 1.54) is 6.07 Å². The first-order chi connectivity index (χ1) is 13.9. The number of hydrogen-bond acceptors (Lipinski definition) is 4. The van der Waals surface area contributed by atoms with Crippen LogP contribution in [0.3, 0.4) is 0 Å². The predicted octanol–water partition coefficient (Wildman–Crippen LogP) is 4.29. The third kappa shape index (κ3) is 3.62. The van der Waals surface area contributed by atoms with Crippen LogP contribution in [-0.2, 0) is 10.0 Å². The van der Waals surface area contributed by atoms with Crippen LogP contribution in [0.5, 0.6) is 0 Å². The third-order valence-corrected chi connectivity index (χ3v) is 7.22. The molecule has 3 aromatic rings. The number of piperidine rings is 1. The van der Waals surface area contributed by atoms with Crippen molar-refractivity contribution in [3.63, 3.8) is 0 Å². The smallest absolute Gasteiger partial charge is 0.268 e. The molecule has 0 aliphatic carbocycles. The summed E-state index contributed by atoms with van der Waals surface area (Å²) in [6.07, 6.45) is 0.0254. The number of hydrogen-bond donors (Lipinski definition) is 2. The molecule has 1 aromatic heterocycles. The Hall–Kier alpha value is -2.45. The molecule has 4 rings (SSSR count). The number of nitrogens with zero attached hydrogens (tertiary/aromatic N) is 1. The van der Waals surface area contributed by atoms with Crippen LogP contribution >= 0.6 is 0 Å². The summed E-state index contributed by atoms with van der Waals surface area (Å²) in [6, 6.07) is 11.7. The number of fused-ring (bicyclic) bond motifs is 1. The molecule has 0 amide bonds. The lowest BCUT2D eigenvalue weighted by molar-refractivity contribution is 0.153. The van der Waals surface area contributed by atoms with E-state index in [2.05, 4.69) is 10.6 Å². The minimum atomic E-state index is -4.01. The number of aryl methyl sites for hydroxylation is 1. The van der Waals surface area contributed by atoms with Gasteiger partial charge in [-0.3, -0.25) is 0 Å². The largest absolute Gasteiger partial charge is 0.382 e. The van der Waals surface area contributed by atoms with Crippen LogP contribution in [0, 0.1) is 6.92 Å². The zero-order chi connectivity index (χ0) is 20.6. The summed E-state index contributed by atoms with van der Waals surface area (Å²) in [5.74, 6) is 0. The van der Waals surface area contributed by atoms with Crippen LogP contribution < -0.4 is 10.6 Å². The lowest BCUT2D eigenvalue weighted by Gasteiger charge is -2.25. The molecule has 1 fully saturated rings. The summed E-state index contributed by atoms with van der Waals surface area (Å²) in [7, 11) is -4.01. The molecule has 2 aromatic carbocycles. The monoisotopic (exact) mass is 419 g/mol. The van der Waals surface area contributed by atoms with Crippen molar-refractivity contribution in [2.24, 2.45) is 0 Å². The quantitative estimate of drug-likeness (QED) is 0.648. The van der Waals surface area contributed by atoms with Crippen molar-refractivity contribution < 1.29 is 17.2 Å².